The maximum Gasteiger partial charge on any atom is 0.133 e. The monoisotopic (exact) mass is 401 g/mol. The second-order valence-corrected chi connectivity index (χ2v) is 11.0. The smallest absolute Gasteiger partial charge is 0.133 e. The molecule has 1 unspecified atom stereocenters. The molecule has 0 aromatic heterocycles. The topological polar surface area (TPSA) is 58.9 Å². The van der Waals surface area contributed by atoms with Crippen LogP contribution in [-0.2, 0) is 9.63 Å². The number of fused-ring (bicyclic) bond motifs is 5. The normalized spacial score (nSPS) is 43.8. The Kier molecular flexibility index (Phi) is 5.69. The van der Waals surface area contributed by atoms with Crippen molar-refractivity contribution >= 4 is 11.5 Å². The van der Waals surface area contributed by atoms with Gasteiger partial charge in [-0.1, -0.05) is 31.5 Å². The molecule has 4 heteroatoms. The number of carbonyl (C=O) groups excluding carboxylic acids is 1. The molecule has 4 rings (SSSR count). The molecular weight excluding hydrogens is 362 g/mol. The number of carbonyl (C=O) groups is 1. The molecule has 3 fully saturated rings. The van der Waals surface area contributed by atoms with Crippen LogP contribution in [0.3, 0.4) is 0 Å². The first-order chi connectivity index (χ1) is 13.8. The molecule has 4 nitrogen and oxygen atoms in total. The van der Waals surface area contributed by atoms with Crippen LogP contribution in [0.25, 0.3) is 0 Å². The van der Waals surface area contributed by atoms with Gasteiger partial charge in [0.1, 0.15) is 12.4 Å². The molecule has 29 heavy (non-hydrogen) atoms. The van der Waals surface area contributed by atoms with Crippen molar-refractivity contribution in [3.8, 4) is 0 Å². The molecule has 0 aromatic carbocycles. The van der Waals surface area contributed by atoms with Crippen LogP contribution in [0.4, 0.5) is 0 Å². The molecule has 0 aromatic rings. The minimum absolute atomic E-state index is 0.123. The minimum atomic E-state index is 0.123. The number of rotatable bonds is 5. The van der Waals surface area contributed by atoms with E-state index in [0.29, 0.717) is 18.3 Å². The van der Waals surface area contributed by atoms with Crippen molar-refractivity contribution in [2.75, 3.05) is 13.2 Å². The number of hydrogen-bond donors (Lipinski definition) is 1. The second-order valence-electron chi connectivity index (χ2n) is 11.0. The Labute approximate surface area is 176 Å². The molecule has 0 saturated heterocycles. The van der Waals surface area contributed by atoms with Crippen LogP contribution in [0.15, 0.2) is 16.8 Å². The zero-order chi connectivity index (χ0) is 20.8. The number of oxime groups is 1. The fraction of sp³-hybridized carbons (Fsp3) is 0.840. The van der Waals surface area contributed by atoms with Gasteiger partial charge >= 0.3 is 0 Å². The van der Waals surface area contributed by atoms with E-state index in [1.165, 1.54) is 32.1 Å². The van der Waals surface area contributed by atoms with Crippen molar-refractivity contribution in [3.05, 3.63) is 11.6 Å². The number of nitrogens with zero attached hydrogens (tertiary/aromatic N) is 1. The SMILES string of the molecule is CC(=O)[C@H]1CC[C@H]2[C@@H]3CCC4=C/C(=N/OCC(C)CO)CC[C@]4(C)[C@H]3CC[C@]12C. The Morgan fingerprint density at radius 3 is 2.72 bits per heavy atom. The van der Waals surface area contributed by atoms with E-state index in [4.69, 9.17) is 9.94 Å². The summed E-state index contributed by atoms with van der Waals surface area (Å²) in [6.07, 6.45) is 11.8. The number of ketones is 1. The van der Waals surface area contributed by atoms with Crippen LogP contribution in [0, 0.1) is 40.4 Å². The van der Waals surface area contributed by atoms with Gasteiger partial charge in [0.25, 0.3) is 0 Å². The Morgan fingerprint density at radius 2 is 2.00 bits per heavy atom. The second kappa shape index (κ2) is 7.83. The number of Topliss-reactive ketones (excluding diaryl/α,β-unsaturated/α-hetero) is 1. The summed E-state index contributed by atoms with van der Waals surface area (Å²) in [6.45, 7) is 9.33. The first kappa shape index (κ1) is 21.1. The first-order valence-corrected chi connectivity index (χ1v) is 11.8. The summed E-state index contributed by atoms with van der Waals surface area (Å²) in [5.74, 6) is 3.10. The molecular formula is C25H39NO3. The number of aliphatic hydroxyl groups is 1. The quantitative estimate of drug-likeness (QED) is 0.648. The largest absolute Gasteiger partial charge is 0.396 e. The van der Waals surface area contributed by atoms with E-state index in [0.717, 1.165) is 42.7 Å². The van der Waals surface area contributed by atoms with Crippen LogP contribution in [0.5, 0.6) is 0 Å². The van der Waals surface area contributed by atoms with Crippen LogP contribution >= 0.6 is 0 Å². The van der Waals surface area contributed by atoms with Crippen LogP contribution in [0.2, 0.25) is 0 Å². The summed E-state index contributed by atoms with van der Waals surface area (Å²) in [7, 11) is 0. The van der Waals surface area contributed by atoms with Gasteiger partial charge in [0.2, 0.25) is 0 Å². The third kappa shape index (κ3) is 3.49. The molecule has 0 amide bonds. The predicted molar refractivity (Wildman–Crippen MR) is 116 cm³/mol. The Balaban J connectivity index is 1.51. The molecule has 0 spiro atoms. The van der Waals surface area contributed by atoms with Crippen molar-refractivity contribution in [2.45, 2.75) is 79.1 Å². The fourth-order valence-electron chi connectivity index (χ4n) is 7.61. The summed E-state index contributed by atoms with van der Waals surface area (Å²) < 4.78 is 0. The molecule has 0 aliphatic heterocycles. The highest BCUT2D eigenvalue weighted by Crippen LogP contribution is 2.66. The summed E-state index contributed by atoms with van der Waals surface area (Å²) in [4.78, 5) is 17.8. The molecule has 0 heterocycles. The van der Waals surface area contributed by atoms with E-state index in [-0.39, 0.29) is 23.4 Å². The molecule has 7 atom stereocenters. The molecule has 0 bridgehead atoms. The molecule has 162 valence electrons. The summed E-state index contributed by atoms with van der Waals surface area (Å²) in [5.41, 5.74) is 3.17. The highest BCUT2D eigenvalue weighted by molar-refractivity contribution is 5.96. The van der Waals surface area contributed by atoms with Crippen molar-refractivity contribution in [2.24, 2.45) is 45.6 Å². The van der Waals surface area contributed by atoms with Gasteiger partial charge in [-0.2, -0.15) is 0 Å². The van der Waals surface area contributed by atoms with Crippen LogP contribution in [-0.4, -0.2) is 29.8 Å². The van der Waals surface area contributed by atoms with Crippen molar-refractivity contribution < 1.29 is 14.7 Å². The Bertz CT molecular complexity index is 713. The van der Waals surface area contributed by atoms with Gasteiger partial charge in [-0.3, -0.25) is 4.79 Å². The molecule has 1 N–H and O–H groups in total. The Hall–Kier alpha value is -1.16. The van der Waals surface area contributed by atoms with Gasteiger partial charge in [-0.25, -0.2) is 0 Å². The number of aliphatic hydroxyl groups excluding tert-OH is 1. The van der Waals surface area contributed by atoms with Gasteiger partial charge in [0, 0.05) is 18.4 Å². The van der Waals surface area contributed by atoms with Gasteiger partial charge in [-0.05, 0) is 93.0 Å². The van der Waals surface area contributed by atoms with Crippen molar-refractivity contribution in [3.63, 3.8) is 0 Å². The lowest BCUT2D eigenvalue weighted by atomic mass is 9.46. The number of hydrogen-bond acceptors (Lipinski definition) is 4. The summed E-state index contributed by atoms with van der Waals surface area (Å²) >= 11 is 0. The van der Waals surface area contributed by atoms with Crippen LogP contribution < -0.4 is 0 Å². The lowest BCUT2D eigenvalue weighted by Crippen LogP contribution is -2.51. The molecule has 4 aliphatic carbocycles. The lowest BCUT2D eigenvalue weighted by Gasteiger charge is -2.58. The summed E-state index contributed by atoms with van der Waals surface area (Å²) in [6, 6.07) is 0. The first-order valence-electron chi connectivity index (χ1n) is 11.8. The van der Waals surface area contributed by atoms with Gasteiger partial charge in [0.05, 0.1) is 5.71 Å². The van der Waals surface area contributed by atoms with Crippen LogP contribution in [0.1, 0.15) is 79.1 Å². The van der Waals surface area contributed by atoms with Gasteiger partial charge in [0.15, 0.2) is 0 Å². The van der Waals surface area contributed by atoms with E-state index < -0.39 is 0 Å². The van der Waals surface area contributed by atoms with E-state index in [1.807, 2.05) is 13.8 Å². The average Bonchev–Trinajstić information content (AvgIpc) is 3.05. The van der Waals surface area contributed by atoms with E-state index >= 15 is 0 Å². The van der Waals surface area contributed by atoms with E-state index in [9.17, 15) is 4.79 Å². The third-order valence-electron chi connectivity index (χ3n) is 9.32. The van der Waals surface area contributed by atoms with Crippen molar-refractivity contribution in [1.29, 1.82) is 0 Å². The predicted octanol–water partition coefficient (Wildman–Crippen LogP) is 5.16. The molecule has 0 radical (unpaired) electrons. The van der Waals surface area contributed by atoms with Gasteiger partial charge in [-0.15, -0.1) is 0 Å². The maximum atomic E-state index is 12.3. The Morgan fingerprint density at radius 1 is 1.21 bits per heavy atom. The third-order valence-corrected chi connectivity index (χ3v) is 9.32. The highest BCUT2D eigenvalue weighted by atomic mass is 16.6. The lowest BCUT2D eigenvalue weighted by molar-refractivity contribution is -0.127. The highest BCUT2D eigenvalue weighted by Gasteiger charge is 2.59. The van der Waals surface area contributed by atoms with E-state index in [1.54, 1.807) is 5.57 Å². The fourth-order valence-corrected chi connectivity index (χ4v) is 7.61. The average molecular weight is 402 g/mol. The maximum absolute atomic E-state index is 12.3. The molecule has 4 aliphatic rings. The zero-order valence-corrected chi connectivity index (χ0v) is 18.7. The molecule has 3 saturated carbocycles. The van der Waals surface area contributed by atoms with Crippen molar-refractivity contribution in [1.82, 2.24) is 0 Å². The van der Waals surface area contributed by atoms with Gasteiger partial charge < -0.3 is 9.94 Å². The number of allylic oxidation sites excluding steroid dienone is 2. The zero-order valence-electron chi connectivity index (χ0n) is 18.7. The standard InChI is InChI=1S/C25H39NO3/c1-16(14-27)15-29-26-19-9-11-24(3)18(13-19)5-6-20-22-8-7-21(17(2)28)25(22,4)12-10-23(20)24/h13,16,20-23,27H,5-12,14-15H2,1-4H3/b26-19+/t16?,20-,21+,22-,23-,24-,25+/m0/s1. The minimum Gasteiger partial charge on any atom is -0.396 e. The van der Waals surface area contributed by atoms with E-state index in [2.05, 4.69) is 25.1 Å². The summed E-state index contributed by atoms with van der Waals surface area (Å²) in [5, 5.41) is 13.5.